The van der Waals surface area contributed by atoms with Crippen molar-refractivity contribution in [2.24, 2.45) is 11.8 Å². The van der Waals surface area contributed by atoms with Crippen LogP contribution in [0.3, 0.4) is 0 Å². The normalized spacial score (nSPS) is 23.2. The Morgan fingerprint density at radius 1 is 1.09 bits per heavy atom. The number of hydrogen-bond acceptors (Lipinski definition) is 9. The Bertz CT molecular complexity index is 1590. The number of amides is 1. The molecule has 0 spiro atoms. The van der Waals surface area contributed by atoms with E-state index in [1.165, 1.54) is 10.7 Å². The maximum Gasteiger partial charge on any atom is 0.407 e. The number of aromatic nitrogens is 2. The monoisotopic (exact) mass is 669 g/mol. The van der Waals surface area contributed by atoms with E-state index in [0.29, 0.717) is 23.9 Å². The highest BCUT2D eigenvalue weighted by molar-refractivity contribution is 7.89. The minimum Gasteiger partial charge on any atom is -0.443 e. The molecule has 1 unspecified atom stereocenters. The second-order valence-corrected chi connectivity index (χ2v) is 15.4. The Kier molecular flexibility index (Phi) is 10.7. The second kappa shape index (κ2) is 14.9. The largest absolute Gasteiger partial charge is 0.443 e. The third-order valence-electron chi connectivity index (χ3n) is 9.39. The van der Waals surface area contributed by atoms with Crippen molar-refractivity contribution in [2.75, 3.05) is 31.6 Å². The molecule has 0 radical (unpaired) electrons. The molecule has 3 aliphatic rings. The van der Waals surface area contributed by atoms with Gasteiger partial charge in [-0.3, -0.25) is 5.10 Å². The molecule has 6 rings (SSSR count). The molecule has 2 aromatic carbocycles. The molecule has 2 saturated heterocycles. The number of anilines is 1. The van der Waals surface area contributed by atoms with Gasteiger partial charge in [0.15, 0.2) is 12.1 Å². The van der Waals surface area contributed by atoms with Crippen LogP contribution < -0.4 is 10.6 Å². The van der Waals surface area contributed by atoms with Crippen molar-refractivity contribution in [1.82, 2.24) is 19.8 Å². The number of carbonyl (C=O) groups excluding carboxylic acids is 1. The molecule has 3 aromatic rings. The molecule has 3 fully saturated rings. The maximum atomic E-state index is 14.2. The molecule has 4 N–H and O–H groups in total. The summed E-state index contributed by atoms with van der Waals surface area (Å²) < 4.78 is 46.7. The molecule has 2 aliphatic heterocycles. The van der Waals surface area contributed by atoms with Crippen molar-refractivity contribution < 1.29 is 32.5 Å². The smallest absolute Gasteiger partial charge is 0.407 e. The molecule has 1 saturated carbocycles. The molecule has 1 aromatic heterocycles. The first kappa shape index (κ1) is 33.7. The molecular formula is C34H47N5O7S. The topological polar surface area (TPSA) is 155 Å². The van der Waals surface area contributed by atoms with Gasteiger partial charge in [-0.2, -0.15) is 9.40 Å². The van der Waals surface area contributed by atoms with Crippen LogP contribution in [0.25, 0.3) is 10.9 Å². The first-order chi connectivity index (χ1) is 22.7. The Labute approximate surface area is 276 Å². The van der Waals surface area contributed by atoms with Crippen molar-refractivity contribution in [3.8, 4) is 0 Å². The first-order valence-corrected chi connectivity index (χ1v) is 18.3. The highest BCUT2D eigenvalue weighted by Gasteiger charge is 2.44. The molecule has 1 amide bonds. The van der Waals surface area contributed by atoms with Crippen molar-refractivity contribution in [3.05, 3.63) is 54.1 Å². The van der Waals surface area contributed by atoms with Crippen LogP contribution in [-0.2, 0) is 30.7 Å². The highest BCUT2D eigenvalue weighted by Crippen LogP contribution is 2.33. The van der Waals surface area contributed by atoms with Gasteiger partial charge in [-0.1, -0.05) is 63.4 Å². The van der Waals surface area contributed by atoms with Crippen LogP contribution in [0, 0.1) is 11.8 Å². The van der Waals surface area contributed by atoms with Crippen LogP contribution >= 0.6 is 0 Å². The lowest BCUT2D eigenvalue weighted by atomic mass is 9.95. The summed E-state index contributed by atoms with van der Waals surface area (Å²) in [5, 5.41) is 26.2. The molecule has 13 heteroatoms. The maximum absolute atomic E-state index is 14.2. The summed E-state index contributed by atoms with van der Waals surface area (Å²) in [6.45, 7) is 4.62. The van der Waals surface area contributed by atoms with Crippen molar-refractivity contribution in [2.45, 2.75) is 94.3 Å². The summed E-state index contributed by atoms with van der Waals surface area (Å²) in [4.78, 5) is 13.3. The summed E-state index contributed by atoms with van der Waals surface area (Å²) in [6, 6.07) is 13.9. The lowest BCUT2D eigenvalue weighted by molar-refractivity contribution is -0.0907. The van der Waals surface area contributed by atoms with Gasteiger partial charge in [-0.15, -0.1) is 0 Å². The summed E-state index contributed by atoms with van der Waals surface area (Å²) in [7, 11) is -4.04. The molecule has 5 atom stereocenters. The summed E-state index contributed by atoms with van der Waals surface area (Å²) in [5.74, 6) is 0.594. The van der Waals surface area contributed by atoms with Gasteiger partial charge in [0.1, 0.15) is 6.10 Å². The standard InChI is InChI=1S/C34H47N5O7S/c1-22(2)19-39(47(42,43)25-13-14-28-27(18-25)32(38-37-28)35-24-11-7-4-8-12-24)20-30(40)29(17-23-9-5-3-6-10-23)36-34(41)46-31-21-45-33-26(31)15-16-44-33/h3,5-6,9-10,13-14,18,22,24,26,29-31,33,40H,4,7-8,11-12,15-17,19-21H2,1-2H3,(H,36,41)(H2,35,37,38)/t26-,29-,30+,31?,33+/m0/s1. The third-order valence-corrected chi connectivity index (χ3v) is 11.2. The zero-order valence-electron chi connectivity index (χ0n) is 27.1. The van der Waals surface area contributed by atoms with E-state index in [9.17, 15) is 18.3 Å². The fraction of sp³-hybridized carbons (Fsp3) is 0.588. The summed E-state index contributed by atoms with van der Waals surface area (Å²) in [5.41, 5.74) is 1.62. The Hall–Kier alpha value is -3.23. The number of ether oxygens (including phenoxy) is 3. The minimum atomic E-state index is -4.04. The number of H-pyrrole nitrogens is 1. The number of hydrogen-bond donors (Lipinski definition) is 4. The van der Waals surface area contributed by atoms with Gasteiger partial charge in [-0.25, -0.2) is 13.2 Å². The van der Waals surface area contributed by atoms with E-state index in [-0.39, 0.29) is 49.1 Å². The average Bonchev–Trinajstić information content (AvgIpc) is 3.79. The van der Waals surface area contributed by atoms with Crippen LogP contribution in [-0.4, -0.2) is 91.0 Å². The number of aliphatic hydroxyl groups is 1. The number of alkyl carbamates (subject to hydrolysis) is 1. The minimum absolute atomic E-state index is 0.0207. The zero-order valence-corrected chi connectivity index (χ0v) is 28.0. The number of sulfonamides is 1. The van der Waals surface area contributed by atoms with E-state index < -0.39 is 34.4 Å². The highest BCUT2D eigenvalue weighted by atomic mass is 32.2. The van der Waals surface area contributed by atoms with Crippen LogP contribution in [0.2, 0.25) is 0 Å². The molecule has 3 heterocycles. The molecule has 1 aliphatic carbocycles. The first-order valence-electron chi connectivity index (χ1n) is 16.8. The van der Waals surface area contributed by atoms with Gasteiger partial charge in [0.2, 0.25) is 10.0 Å². The number of nitrogens with zero attached hydrogens (tertiary/aromatic N) is 2. The quantitative estimate of drug-likeness (QED) is 0.207. The number of benzene rings is 2. The lowest BCUT2D eigenvalue weighted by Gasteiger charge is -2.31. The van der Waals surface area contributed by atoms with Gasteiger partial charge < -0.3 is 30.0 Å². The molecule has 12 nitrogen and oxygen atoms in total. The fourth-order valence-corrected chi connectivity index (χ4v) is 8.54. The van der Waals surface area contributed by atoms with Crippen LogP contribution in [0.5, 0.6) is 0 Å². The summed E-state index contributed by atoms with van der Waals surface area (Å²) >= 11 is 0. The molecule has 256 valence electrons. The third kappa shape index (κ3) is 8.09. The number of fused-ring (bicyclic) bond motifs is 2. The van der Waals surface area contributed by atoms with Gasteiger partial charge in [-0.05, 0) is 55.4 Å². The van der Waals surface area contributed by atoms with E-state index in [1.54, 1.807) is 18.2 Å². The van der Waals surface area contributed by atoms with Crippen molar-refractivity contribution in [3.63, 3.8) is 0 Å². The number of aliphatic hydroxyl groups excluding tert-OH is 1. The Morgan fingerprint density at radius 2 is 1.87 bits per heavy atom. The number of rotatable bonds is 13. The van der Waals surface area contributed by atoms with Gasteiger partial charge in [0.25, 0.3) is 0 Å². The van der Waals surface area contributed by atoms with Gasteiger partial charge in [0, 0.05) is 24.5 Å². The van der Waals surface area contributed by atoms with E-state index >= 15 is 0 Å². The number of carbonyl (C=O) groups is 1. The van der Waals surface area contributed by atoms with Crippen molar-refractivity contribution in [1.29, 1.82) is 0 Å². The number of nitrogens with one attached hydrogen (secondary N) is 3. The second-order valence-electron chi connectivity index (χ2n) is 13.5. The van der Waals surface area contributed by atoms with Crippen molar-refractivity contribution >= 4 is 32.8 Å². The number of aromatic amines is 1. The van der Waals surface area contributed by atoms with E-state index in [0.717, 1.165) is 43.2 Å². The van der Waals surface area contributed by atoms with E-state index in [1.807, 2.05) is 44.2 Å². The Morgan fingerprint density at radius 3 is 2.64 bits per heavy atom. The molecular weight excluding hydrogens is 622 g/mol. The predicted molar refractivity (Wildman–Crippen MR) is 177 cm³/mol. The molecule has 0 bridgehead atoms. The Balaban J connectivity index is 1.21. The van der Waals surface area contributed by atoms with E-state index in [2.05, 4.69) is 20.8 Å². The van der Waals surface area contributed by atoms with Crippen LogP contribution in [0.15, 0.2) is 53.4 Å². The van der Waals surface area contributed by atoms with E-state index in [4.69, 9.17) is 14.2 Å². The molecule has 47 heavy (non-hydrogen) atoms. The zero-order chi connectivity index (χ0) is 33.0. The predicted octanol–water partition coefficient (Wildman–Crippen LogP) is 4.41. The SMILES string of the molecule is CC(C)CN(C[C@@H](O)[C@H](Cc1ccccc1)NC(=O)OC1CO[C@H]2OCC[C@@H]12)S(=O)(=O)c1ccc2[nH]nc(NC3CCCCC3)c2c1. The van der Waals surface area contributed by atoms with Crippen LogP contribution in [0.1, 0.15) is 57.9 Å². The lowest BCUT2D eigenvalue weighted by Crippen LogP contribution is -2.51. The van der Waals surface area contributed by atoms with Gasteiger partial charge >= 0.3 is 6.09 Å². The fourth-order valence-electron chi connectivity index (χ4n) is 6.89. The van der Waals surface area contributed by atoms with Gasteiger partial charge in [0.05, 0.1) is 41.7 Å². The van der Waals surface area contributed by atoms with Crippen LogP contribution in [0.4, 0.5) is 10.6 Å². The average molecular weight is 670 g/mol. The summed E-state index contributed by atoms with van der Waals surface area (Å²) in [6.07, 6.45) is 3.94.